The van der Waals surface area contributed by atoms with Gasteiger partial charge in [0.05, 0.1) is 12.1 Å². The predicted molar refractivity (Wildman–Crippen MR) is 54.4 cm³/mol. The topological polar surface area (TPSA) is 46.2 Å². The molecule has 3 N–H and O–H groups in total. The summed E-state index contributed by atoms with van der Waals surface area (Å²) in [4.78, 5) is 0. The number of aliphatic hydroxyl groups excluding tert-OH is 1. The van der Waals surface area contributed by atoms with E-state index >= 15 is 0 Å². The number of aryl methyl sites for hydroxylation is 1. The number of hydrogen-bond acceptors (Lipinski definition) is 2. The number of hydrogen-bond donors (Lipinski definition) is 2. The molecule has 0 bridgehead atoms. The van der Waals surface area contributed by atoms with Gasteiger partial charge in [-0.05, 0) is 36.6 Å². The van der Waals surface area contributed by atoms with Crippen LogP contribution < -0.4 is 5.73 Å². The van der Waals surface area contributed by atoms with E-state index in [2.05, 4.69) is 0 Å². The number of halogens is 1. The van der Waals surface area contributed by atoms with Crippen LogP contribution in [0.15, 0.2) is 18.2 Å². The molecule has 0 unspecified atom stereocenters. The fourth-order valence-corrected chi connectivity index (χ4v) is 1.43. The van der Waals surface area contributed by atoms with Crippen LogP contribution in [-0.2, 0) is 0 Å². The summed E-state index contributed by atoms with van der Waals surface area (Å²) in [5.41, 5.74) is 7.39. The Morgan fingerprint density at radius 1 is 1.50 bits per heavy atom. The minimum absolute atomic E-state index is 0.315. The molecule has 0 saturated carbocycles. The van der Waals surface area contributed by atoms with Crippen LogP contribution in [0.1, 0.15) is 30.5 Å². The highest BCUT2D eigenvalue weighted by atomic mass is 19.1. The van der Waals surface area contributed by atoms with Crippen molar-refractivity contribution < 1.29 is 9.50 Å². The van der Waals surface area contributed by atoms with Crippen molar-refractivity contribution in [3.05, 3.63) is 35.1 Å². The Hall–Kier alpha value is -0.930. The first kappa shape index (κ1) is 11.1. The van der Waals surface area contributed by atoms with Gasteiger partial charge in [-0.2, -0.15) is 0 Å². The van der Waals surface area contributed by atoms with E-state index in [-0.39, 0.29) is 5.82 Å². The average Bonchev–Trinajstić information content (AvgIpc) is 2.19. The first-order chi connectivity index (χ1) is 6.56. The first-order valence-corrected chi connectivity index (χ1v) is 4.76. The van der Waals surface area contributed by atoms with E-state index in [1.165, 1.54) is 12.1 Å². The summed E-state index contributed by atoms with van der Waals surface area (Å²) in [6.07, 6.45) is -0.0487. The molecule has 0 spiro atoms. The van der Waals surface area contributed by atoms with Crippen LogP contribution in [0.25, 0.3) is 0 Å². The summed E-state index contributed by atoms with van der Waals surface area (Å²) < 4.78 is 12.9. The molecule has 1 aromatic rings. The second kappa shape index (κ2) is 4.53. The van der Waals surface area contributed by atoms with Crippen molar-refractivity contribution in [2.75, 3.05) is 0 Å². The zero-order valence-electron chi connectivity index (χ0n) is 8.50. The van der Waals surface area contributed by atoms with Gasteiger partial charge < -0.3 is 10.8 Å². The fourth-order valence-electron chi connectivity index (χ4n) is 1.43. The molecule has 0 heterocycles. The van der Waals surface area contributed by atoms with Crippen LogP contribution in [0.4, 0.5) is 4.39 Å². The standard InChI is InChI=1S/C11H16FNO/c1-3-10(14)11(13)9-6-8(12)5-4-7(9)2/h4-6,10-11,14H,3,13H2,1-2H3/t10-,11+/m0/s1. The van der Waals surface area contributed by atoms with Gasteiger partial charge in [-0.3, -0.25) is 0 Å². The van der Waals surface area contributed by atoms with Crippen molar-refractivity contribution in [3.63, 3.8) is 0 Å². The van der Waals surface area contributed by atoms with Crippen LogP contribution in [0.2, 0.25) is 0 Å². The predicted octanol–water partition coefficient (Wildman–Crippen LogP) is 1.90. The minimum atomic E-state index is -0.615. The second-order valence-corrected chi connectivity index (χ2v) is 3.50. The Kier molecular flexibility index (Phi) is 3.61. The van der Waals surface area contributed by atoms with E-state index in [4.69, 9.17) is 5.73 Å². The van der Waals surface area contributed by atoms with Crippen molar-refractivity contribution in [1.82, 2.24) is 0 Å². The zero-order chi connectivity index (χ0) is 10.7. The third-order valence-corrected chi connectivity index (χ3v) is 2.43. The Morgan fingerprint density at radius 3 is 2.71 bits per heavy atom. The maximum Gasteiger partial charge on any atom is 0.123 e. The Labute approximate surface area is 83.6 Å². The maximum atomic E-state index is 12.9. The van der Waals surface area contributed by atoms with E-state index in [1.54, 1.807) is 6.07 Å². The van der Waals surface area contributed by atoms with Gasteiger partial charge >= 0.3 is 0 Å². The third-order valence-electron chi connectivity index (χ3n) is 2.43. The van der Waals surface area contributed by atoms with Gasteiger partial charge in [0.1, 0.15) is 5.82 Å². The smallest absolute Gasteiger partial charge is 0.123 e. The van der Waals surface area contributed by atoms with Gasteiger partial charge in [-0.15, -0.1) is 0 Å². The van der Waals surface area contributed by atoms with Gasteiger partial charge in [0.2, 0.25) is 0 Å². The Bertz CT molecular complexity index is 314. The van der Waals surface area contributed by atoms with E-state index in [0.717, 1.165) is 5.56 Å². The van der Waals surface area contributed by atoms with E-state index in [9.17, 15) is 9.50 Å². The molecular weight excluding hydrogens is 181 g/mol. The van der Waals surface area contributed by atoms with Crippen molar-refractivity contribution in [2.24, 2.45) is 5.73 Å². The van der Waals surface area contributed by atoms with Gasteiger partial charge in [0, 0.05) is 0 Å². The number of aliphatic hydroxyl groups is 1. The zero-order valence-corrected chi connectivity index (χ0v) is 8.50. The lowest BCUT2D eigenvalue weighted by Crippen LogP contribution is -2.26. The maximum absolute atomic E-state index is 12.9. The number of rotatable bonds is 3. The largest absolute Gasteiger partial charge is 0.391 e. The lowest BCUT2D eigenvalue weighted by atomic mass is 9.96. The summed E-state index contributed by atoms with van der Waals surface area (Å²) in [5, 5.41) is 9.55. The molecule has 14 heavy (non-hydrogen) atoms. The summed E-state index contributed by atoms with van der Waals surface area (Å²) in [6, 6.07) is 3.95. The van der Waals surface area contributed by atoms with Crippen LogP contribution in [0.5, 0.6) is 0 Å². The first-order valence-electron chi connectivity index (χ1n) is 4.76. The SMILES string of the molecule is CC[C@H](O)[C@H](N)c1cc(F)ccc1C. The van der Waals surface area contributed by atoms with Gasteiger partial charge in [0.15, 0.2) is 0 Å². The summed E-state index contributed by atoms with van der Waals surface area (Å²) in [6.45, 7) is 3.70. The minimum Gasteiger partial charge on any atom is -0.391 e. The van der Waals surface area contributed by atoms with Gasteiger partial charge in [-0.25, -0.2) is 4.39 Å². The van der Waals surface area contributed by atoms with E-state index in [1.807, 2.05) is 13.8 Å². The fraction of sp³-hybridized carbons (Fsp3) is 0.455. The molecule has 0 radical (unpaired) electrons. The van der Waals surface area contributed by atoms with Crippen molar-refractivity contribution in [1.29, 1.82) is 0 Å². The van der Waals surface area contributed by atoms with Crippen LogP contribution in [0, 0.1) is 12.7 Å². The Balaban J connectivity index is 2.99. The van der Waals surface area contributed by atoms with Gasteiger partial charge in [0.25, 0.3) is 0 Å². The molecule has 0 fully saturated rings. The van der Waals surface area contributed by atoms with Crippen LogP contribution >= 0.6 is 0 Å². The molecule has 0 aliphatic rings. The number of benzene rings is 1. The molecule has 0 aromatic heterocycles. The third kappa shape index (κ3) is 2.30. The summed E-state index contributed by atoms with van der Waals surface area (Å²) in [5.74, 6) is -0.315. The van der Waals surface area contributed by atoms with E-state index < -0.39 is 12.1 Å². The van der Waals surface area contributed by atoms with Crippen LogP contribution in [0.3, 0.4) is 0 Å². The van der Waals surface area contributed by atoms with Crippen LogP contribution in [-0.4, -0.2) is 11.2 Å². The molecule has 3 heteroatoms. The average molecular weight is 197 g/mol. The molecule has 0 saturated heterocycles. The molecule has 0 aliphatic carbocycles. The van der Waals surface area contributed by atoms with Crippen molar-refractivity contribution in [2.45, 2.75) is 32.4 Å². The second-order valence-electron chi connectivity index (χ2n) is 3.50. The Morgan fingerprint density at radius 2 is 2.14 bits per heavy atom. The quantitative estimate of drug-likeness (QED) is 0.777. The lowest BCUT2D eigenvalue weighted by Gasteiger charge is -2.19. The molecular formula is C11H16FNO. The molecule has 2 atom stereocenters. The summed E-state index contributed by atoms with van der Waals surface area (Å²) >= 11 is 0. The number of nitrogens with two attached hydrogens (primary N) is 1. The highest BCUT2D eigenvalue weighted by Crippen LogP contribution is 2.21. The molecule has 1 rings (SSSR count). The van der Waals surface area contributed by atoms with E-state index in [0.29, 0.717) is 12.0 Å². The highest BCUT2D eigenvalue weighted by Gasteiger charge is 2.17. The summed E-state index contributed by atoms with van der Waals surface area (Å²) in [7, 11) is 0. The van der Waals surface area contributed by atoms with Crippen molar-refractivity contribution in [3.8, 4) is 0 Å². The molecule has 1 aromatic carbocycles. The van der Waals surface area contributed by atoms with Crippen molar-refractivity contribution >= 4 is 0 Å². The lowest BCUT2D eigenvalue weighted by molar-refractivity contribution is 0.140. The monoisotopic (exact) mass is 197 g/mol. The molecule has 78 valence electrons. The molecule has 2 nitrogen and oxygen atoms in total. The van der Waals surface area contributed by atoms with Gasteiger partial charge in [-0.1, -0.05) is 13.0 Å². The molecule has 0 aliphatic heterocycles. The molecule has 0 amide bonds. The highest BCUT2D eigenvalue weighted by molar-refractivity contribution is 5.30. The normalized spacial score (nSPS) is 15.2.